The van der Waals surface area contributed by atoms with Crippen molar-refractivity contribution in [1.29, 1.82) is 0 Å². The molecule has 6 heterocycles. The quantitative estimate of drug-likeness (QED) is 0.113. The summed E-state index contributed by atoms with van der Waals surface area (Å²) >= 11 is 0. The number of fused-ring (bicyclic) bond motifs is 4. The van der Waals surface area contributed by atoms with Gasteiger partial charge in [-0.1, -0.05) is 0 Å². The average molecular weight is 645 g/mol. The molecule has 4 bridgehead atoms. The molecule has 0 radical (unpaired) electrons. The Morgan fingerprint density at radius 1 is 0.545 bits per heavy atom. The third kappa shape index (κ3) is 5.92. The first-order valence-corrected chi connectivity index (χ1v) is 14.4. The number of aliphatic hydroxyl groups is 9. The maximum Gasteiger partial charge on any atom is 0.187 e. The lowest BCUT2D eigenvalue weighted by atomic mass is 9.96. The van der Waals surface area contributed by atoms with Gasteiger partial charge >= 0.3 is 0 Å². The van der Waals surface area contributed by atoms with Crippen molar-refractivity contribution < 1.29 is 93.3 Å². The zero-order valence-electron chi connectivity index (χ0n) is 23.5. The number of ether oxygens (including phenoxy) is 10. The Morgan fingerprint density at radius 3 is 1.77 bits per heavy atom. The minimum absolute atomic E-state index is 0.00486. The normalized spacial score (nSPS) is 55.8. The van der Waals surface area contributed by atoms with Crippen LogP contribution in [0.5, 0.6) is 0 Å². The number of aliphatic hydroxyl groups excluding tert-OH is 9. The zero-order valence-corrected chi connectivity index (χ0v) is 23.5. The molecule has 0 aromatic heterocycles. The van der Waals surface area contributed by atoms with E-state index in [2.05, 4.69) is 0 Å². The molecule has 19 heteroatoms. The van der Waals surface area contributed by atoms with E-state index in [1.165, 1.54) is 7.11 Å². The molecule has 0 aromatic carbocycles. The lowest BCUT2D eigenvalue weighted by molar-refractivity contribution is -0.372. The van der Waals surface area contributed by atoms with Crippen molar-refractivity contribution in [1.82, 2.24) is 0 Å². The van der Waals surface area contributed by atoms with Crippen LogP contribution in [0.4, 0.5) is 0 Å². The Morgan fingerprint density at radius 2 is 1.09 bits per heavy atom. The van der Waals surface area contributed by atoms with Crippen molar-refractivity contribution in [2.75, 3.05) is 33.5 Å². The second-order valence-electron chi connectivity index (χ2n) is 11.7. The van der Waals surface area contributed by atoms with Crippen LogP contribution in [0, 0.1) is 0 Å². The van der Waals surface area contributed by atoms with E-state index in [0.717, 1.165) is 0 Å². The van der Waals surface area contributed by atoms with Gasteiger partial charge in [0.15, 0.2) is 25.2 Å². The molecule has 44 heavy (non-hydrogen) atoms. The summed E-state index contributed by atoms with van der Waals surface area (Å²) in [6.45, 7) is -0.916. The first kappa shape index (κ1) is 33.2. The molecule has 0 amide bonds. The lowest BCUT2D eigenvalue weighted by Gasteiger charge is -2.47. The Balaban J connectivity index is 1.12. The molecule has 0 spiro atoms. The minimum Gasteiger partial charge on any atom is -0.394 e. The van der Waals surface area contributed by atoms with Crippen molar-refractivity contribution in [2.45, 2.75) is 123 Å². The van der Waals surface area contributed by atoms with Crippen LogP contribution in [-0.2, 0) is 47.4 Å². The highest BCUT2D eigenvalue weighted by molar-refractivity contribution is 5.01. The van der Waals surface area contributed by atoms with Gasteiger partial charge in [-0.05, 0) is 0 Å². The van der Waals surface area contributed by atoms with Crippen LogP contribution in [0.3, 0.4) is 0 Å². The van der Waals surface area contributed by atoms with Crippen LogP contribution < -0.4 is 0 Å². The summed E-state index contributed by atoms with van der Waals surface area (Å²) in [5, 5.41) is 94.6. The monoisotopic (exact) mass is 644 g/mol. The lowest BCUT2D eigenvalue weighted by Crippen LogP contribution is -2.65. The highest BCUT2D eigenvalue weighted by atomic mass is 16.8. The van der Waals surface area contributed by atoms with Crippen molar-refractivity contribution >= 4 is 0 Å². The van der Waals surface area contributed by atoms with Crippen molar-refractivity contribution in [3.05, 3.63) is 0 Å². The molecule has 6 aliphatic rings. The fraction of sp³-hybridized carbons (Fsp3) is 1.00. The van der Waals surface area contributed by atoms with Gasteiger partial charge in [-0.3, -0.25) is 0 Å². The van der Waals surface area contributed by atoms with E-state index in [9.17, 15) is 46.0 Å². The summed E-state index contributed by atoms with van der Waals surface area (Å²) < 4.78 is 55.5. The zero-order chi connectivity index (χ0) is 31.4. The maximum atomic E-state index is 11.1. The molecule has 1 unspecified atom stereocenters. The van der Waals surface area contributed by atoms with Gasteiger partial charge < -0.3 is 93.3 Å². The van der Waals surface area contributed by atoms with Crippen LogP contribution >= 0.6 is 0 Å². The number of hydrogen-bond acceptors (Lipinski definition) is 19. The van der Waals surface area contributed by atoms with Gasteiger partial charge in [0.05, 0.1) is 26.4 Å². The Hall–Kier alpha value is -0.760. The minimum atomic E-state index is -1.72. The molecular formula is C25H40O19. The summed E-state index contributed by atoms with van der Waals surface area (Å²) in [6.07, 6.45) is -26.9. The molecule has 0 aliphatic carbocycles. The Bertz CT molecular complexity index is 962. The smallest absolute Gasteiger partial charge is 0.187 e. The topological polar surface area (TPSA) is 274 Å². The van der Waals surface area contributed by atoms with Gasteiger partial charge in [0.2, 0.25) is 0 Å². The van der Waals surface area contributed by atoms with Crippen LogP contribution in [-0.4, -0.2) is 202 Å². The second kappa shape index (κ2) is 13.4. The molecule has 9 N–H and O–H groups in total. The molecule has 6 fully saturated rings. The van der Waals surface area contributed by atoms with Crippen molar-refractivity contribution in [2.24, 2.45) is 0 Å². The third-order valence-electron chi connectivity index (χ3n) is 8.85. The largest absolute Gasteiger partial charge is 0.394 e. The van der Waals surface area contributed by atoms with Crippen LogP contribution in [0.1, 0.15) is 0 Å². The van der Waals surface area contributed by atoms with Gasteiger partial charge in [-0.25, -0.2) is 0 Å². The van der Waals surface area contributed by atoms with Gasteiger partial charge in [0.25, 0.3) is 0 Å². The highest BCUT2D eigenvalue weighted by Gasteiger charge is 2.58. The molecule has 6 rings (SSSR count). The van der Waals surface area contributed by atoms with E-state index >= 15 is 0 Å². The SMILES string of the molecule is COC[C@H]1OC(O)[C@H](O)[C@@H](O[C@@H]2O[C@H]3CO[C@@H]([C@@H]2O)[C@@H]3O[C@@H]2O[C@H](CO)[C@H](O)[C@H](O[C@@H]3O[C@H]4CO[C@@H]([C@@H]3O)[C@@H]4O)[C@H]2O)[C@H]1O. The molecular weight excluding hydrogens is 604 g/mol. The maximum absolute atomic E-state index is 11.1. The van der Waals surface area contributed by atoms with E-state index in [1.54, 1.807) is 0 Å². The molecule has 6 aliphatic heterocycles. The number of methoxy groups -OCH3 is 1. The Kier molecular flexibility index (Phi) is 10.1. The fourth-order valence-electron chi connectivity index (χ4n) is 6.43. The standard InChI is InChI=1S/C25H40O19/c1-35-3-7-12(29)19(13(30)22(34)38-7)43-25-16(33)21-17(9(41-25)5-37-21)42-24-15(32)20(10(27)6(2-26)39-24)44-23-14(31)18-11(28)8(40-23)4-36-18/h6-34H,2-5H2,1H3/t6-,7-,8+,9+,10+,11-,12+,13-,14+,15-,16+,17-,18-,19+,20+,21+,22?,23+,24+,25+/m1/s1. The molecule has 254 valence electrons. The second-order valence-corrected chi connectivity index (χ2v) is 11.7. The van der Waals surface area contributed by atoms with Crippen LogP contribution in [0.15, 0.2) is 0 Å². The first-order chi connectivity index (χ1) is 21.0. The summed E-state index contributed by atoms with van der Waals surface area (Å²) in [6, 6.07) is 0. The number of hydrogen-bond donors (Lipinski definition) is 9. The van der Waals surface area contributed by atoms with Crippen molar-refractivity contribution in [3.63, 3.8) is 0 Å². The summed E-state index contributed by atoms with van der Waals surface area (Å²) in [4.78, 5) is 0. The molecule has 0 aromatic rings. The van der Waals surface area contributed by atoms with Crippen molar-refractivity contribution in [3.8, 4) is 0 Å². The molecule has 6 saturated heterocycles. The highest BCUT2D eigenvalue weighted by Crippen LogP contribution is 2.38. The summed E-state index contributed by atoms with van der Waals surface area (Å²) in [7, 11) is 1.36. The average Bonchev–Trinajstić information content (AvgIpc) is 3.46. The first-order valence-electron chi connectivity index (χ1n) is 14.4. The predicted octanol–water partition coefficient (Wildman–Crippen LogP) is -7.00. The van der Waals surface area contributed by atoms with Gasteiger partial charge in [-0.15, -0.1) is 0 Å². The van der Waals surface area contributed by atoms with E-state index < -0.39 is 129 Å². The van der Waals surface area contributed by atoms with E-state index in [-0.39, 0.29) is 19.8 Å². The number of rotatable bonds is 9. The molecule has 20 atom stereocenters. The third-order valence-corrected chi connectivity index (χ3v) is 8.85. The van der Waals surface area contributed by atoms with Gasteiger partial charge in [-0.2, -0.15) is 0 Å². The van der Waals surface area contributed by atoms with E-state index in [1.807, 2.05) is 0 Å². The Labute approximate surface area is 250 Å². The van der Waals surface area contributed by atoms with Crippen LogP contribution in [0.25, 0.3) is 0 Å². The molecule has 0 saturated carbocycles. The molecule has 19 nitrogen and oxygen atoms in total. The fourth-order valence-corrected chi connectivity index (χ4v) is 6.43. The van der Waals surface area contributed by atoms with Crippen LogP contribution in [0.2, 0.25) is 0 Å². The summed E-state index contributed by atoms with van der Waals surface area (Å²) in [5.74, 6) is 0. The van der Waals surface area contributed by atoms with Gasteiger partial charge in [0.1, 0.15) is 97.7 Å². The predicted molar refractivity (Wildman–Crippen MR) is 132 cm³/mol. The summed E-state index contributed by atoms with van der Waals surface area (Å²) in [5.41, 5.74) is 0. The van der Waals surface area contributed by atoms with E-state index in [4.69, 9.17) is 47.4 Å². The van der Waals surface area contributed by atoms with Gasteiger partial charge in [0, 0.05) is 7.11 Å². The van der Waals surface area contributed by atoms with E-state index in [0.29, 0.717) is 0 Å².